The second kappa shape index (κ2) is 16.4. The molecule has 7 nitrogen and oxygen atoms in total. The van der Waals surface area contributed by atoms with Crippen LogP contribution in [0.2, 0.25) is 0 Å². The Morgan fingerprint density at radius 1 is 0.967 bits per heavy atom. The van der Waals surface area contributed by atoms with Gasteiger partial charge in [0.15, 0.2) is 6.10 Å². The van der Waals surface area contributed by atoms with Crippen LogP contribution in [0.5, 0.6) is 5.75 Å². The summed E-state index contributed by atoms with van der Waals surface area (Å²) in [6, 6.07) is 9.35. The number of unbranched alkanes of at least 4 members (excludes halogenated alkanes) is 2. The van der Waals surface area contributed by atoms with E-state index in [0.29, 0.717) is 37.4 Å². The van der Waals surface area contributed by atoms with Crippen molar-refractivity contribution in [3.05, 3.63) is 42.5 Å². The van der Waals surface area contributed by atoms with Gasteiger partial charge in [-0.1, -0.05) is 24.8 Å². The topological polar surface area (TPSA) is 80.3 Å². The minimum atomic E-state index is -0.499. The lowest BCUT2D eigenvalue weighted by Crippen LogP contribution is -2.30. The number of ether oxygens (including phenoxy) is 5. The highest BCUT2D eigenvalue weighted by Crippen LogP contribution is 2.10. The fourth-order valence-electron chi connectivity index (χ4n) is 2.39. The number of methoxy groups -OCH3 is 1. The summed E-state index contributed by atoms with van der Waals surface area (Å²) in [6.45, 7) is 7.11. The van der Waals surface area contributed by atoms with E-state index < -0.39 is 12.1 Å². The Bertz CT molecular complexity index is 615. The van der Waals surface area contributed by atoms with E-state index in [0.717, 1.165) is 12.8 Å². The number of hydrogen-bond acceptors (Lipinski definition) is 7. The molecule has 1 aromatic carbocycles. The zero-order valence-electron chi connectivity index (χ0n) is 18.1. The molecule has 0 aromatic heterocycles. The van der Waals surface area contributed by atoms with Crippen LogP contribution in [0.15, 0.2) is 42.5 Å². The lowest BCUT2D eigenvalue weighted by molar-refractivity contribution is -0.154. The Kier molecular flexibility index (Phi) is 14.0. The number of rotatable bonds is 17. The second-order valence-corrected chi connectivity index (χ2v) is 6.88. The van der Waals surface area contributed by atoms with E-state index in [-0.39, 0.29) is 32.2 Å². The second-order valence-electron chi connectivity index (χ2n) is 6.88. The van der Waals surface area contributed by atoms with Crippen molar-refractivity contribution in [3.63, 3.8) is 0 Å². The van der Waals surface area contributed by atoms with Gasteiger partial charge in [-0.25, -0.2) is 4.79 Å². The molecule has 0 fully saturated rings. The molecular weight excluding hydrogens is 388 g/mol. The molecule has 0 spiro atoms. The van der Waals surface area contributed by atoms with E-state index in [1.807, 2.05) is 30.3 Å². The summed E-state index contributed by atoms with van der Waals surface area (Å²) in [5, 5.41) is 0. The van der Waals surface area contributed by atoms with Crippen LogP contribution in [0.4, 0.5) is 0 Å². The number of para-hydroxylation sites is 1. The molecule has 0 aliphatic heterocycles. The Morgan fingerprint density at radius 3 is 2.37 bits per heavy atom. The lowest BCUT2D eigenvalue weighted by atomic mass is 10.2. The first-order valence-electron chi connectivity index (χ1n) is 10.3. The molecule has 0 aliphatic rings. The van der Waals surface area contributed by atoms with E-state index >= 15 is 0 Å². The van der Waals surface area contributed by atoms with Crippen LogP contribution in [-0.2, 0) is 28.5 Å². The standard InChI is InChI=1S/C23H34O7/c1-19(2)23(25)28-16-8-7-13-22(24)30-21(17-27-15-10-9-14-26-3)18-29-20-11-5-4-6-12-20/h4-6,11-12,21H,1,7-10,13-18H2,2-3H3. The quantitative estimate of drug-likeness (QED) is 0.215. The van der Waals surface area contributed by atoms with E-state index in [9.17, 15) is 9.59 Å². The van der Waals surface area contributed by atoms with Crippen molar-refractivity contribution in [3.8, 4) is 5.75 Å². The van der Waals surface area contributed by atoms with Crippen molar-refractivity contribution in [2.24, 2.45) is 0 Å². The number of carbonyl (C=O) groups excluding carboxylic acids is 2. The van der Waals surface area contributed by atoms with Crippen LogP contribution >= 0.6 is 0 Å². The van der Waals surface area contributed by atoms with Gasteiger partial charge in [-0.05, 0) is 44.7 Å². The monoisotopic (exact) mass is 422 g/mol. The number of benzene rings is 1. The summed E-state index contributed by atoms with van der Waals surface area (Å²) in [5.74, 6) is -0.0396. The molecule has 0 N–H and O–H groups in total. The maximum absolute atomic E-state index is 12.2. The first-order valence-corrected chi connectivity index (χ1v) is 10.3. The number of carbonyl (C=O) groups is 2. The number of esters is 2. The molecule has 1 aromatic rings. The van der Waals surface area contributed by atoms with Gasteiger partial charge < -0.3 is 23.7 Å². The smallest absolute Gasteiger partial charge is 0.333 e. The summed E-state index contributed by atoms with van der Waals surface area (Å²) >= 11 is 0. The van der Waals surface area contributed by atoms with E-state index in [4.69, 9.17) is 23.7 Å². The summed E-state index contributed by atoms with van der Waals surface area (Å²) in [4.78, 5) is 23.5. The maximum Gasteiger partial charge on any atom is 0.333 e. The summed E-state index contributed by atoms with van der Waals surface area (Å²) in [7, 11) is 1.67. The molecule has 7 heteroatoms. The van der Waals surface area contributed by atoms with Crippen LogP contribution in [0.25, 0.3) is 0 Å². The highest BCUT2D eigenvalue weighted by atomic mass is 16.6. The third-order valence-electron chi connectivity index (χ3n) is 4.02. The molecule has 0 heterocycles. The van der Waals surface area contributed by atoms with Gasteiger partial charge in [0.1, 0.15) is 12.4 Å². The maximum atomic E-state index is 12.2. The van der Waals surface area contributed by atoms with Crippen molar-refractivity contribution in [1.82, 2.24) is 0 Å². The van der Waals surface area contributed by atoms with Gasteiger partial charge in [0.25, 0.3) is 0 Å². The summed E-state index contributed by atoms with van der Waals surface area (Å²) in [5.41, 5.74) is 0.359. The largest absolute Gasteiger partial charge is 0.490 e. The normalized spacial score (nSPS) is 11.5. The van der Waals surface area contributed by atoms with Gasteiger partial charge in [0, 0.05) is 32.3 Å². The lowest BCUT2D eigenvalue weighted by Gasteiger charge is -2.19. The molecular formula is C23H34O7. The van der Waals surface area contributed by atoms with E-state index in [2.05, 4.69) is 6.58 Å². The average molecular weight is 423 g/mol. The Labute approximate surface area is 179 Å². The Balaban J connectivity index is 2.33. The Hall–Kier alpha value is -2.38. The van der Waals surface area contributed by atoms with Crippen LogP contribution in [0.1, 0.15) is 39.0 Å². The summed E-state index contributed by atoms with van der Waals surface area (Å²) in [6.07, 6.45) is 2.66. The molecule has 0 bridgehead atoms. The van der Waals surface area contributed by atoms with Gasteiger partial charge >= 0.3 is 11.9 Å². The van der Waals surface area contributed by atoms with Gasteiger partial charge in [-0.15, -0.1) is 0 Å². The minimum Gasteiger partial charge on any atom is -0.490 e. The SMILES string of the molecule is C=C(C)C(=O)OCCCCC(=O)OC(COCCCCOC)COc1ccccc1. The van der Waals surface area contributed by atoms with Crippen LogP contribution in [-0.4, -0.2) is 58.2 Å². The Morgan fingerprint density at radius 2 is 1.67 bits per heavy atom. The first kappa shape index (κ1) is 25.7. The third kappa shape index (κ3) is 13.0. The molecule has 1 atom stereocenters. The van der Waals surface area contributed by atoms with Gasteiger partial charge in [-0.3, -0.25) is 4.79 Å². The molecule has 0 amide bonds. The molecule has 30 heavy (non-hydrogen) atoms. The molecule has 1 unspecified atom stereocenters. The van der Waals surface area contributed by atoms with Crippen LogP contribution in [0, 0.1) is 0 Å². The fourth-order valence-corrected chi connectivity index (χ4v) is 2.39. The molecule has 0 saturated carbocycles. The van der Waals surface area contributed by atoms with Crippen molar-refractivity contribution in [2.75, 3.05) is 40.1 Å². The van der Waals surface area contributed by atoms with Crippen molar-refractivity contribution >= 4 is 11.9 Å². The third-order valence-corrected chi connectivity index (χ3v) is 4.02. The van der Waals surface area contributed by atoms with Crippen molar-refractivity contribution < 1.29 is 33.3 Å². The highest BCUT2D eigenvalue weighted by Gasteiger charge is 2.16. The molecule has 1 rings (SSSR count). The highest BCUT2D eigenvalue weighted by molar-refractivity contribution is 5.86. The van der Waals surface area contributed by atoms with Gasteiger partial charge in [0.2, 0.25) is 0 Å². The van der Waals surface area contributed by atoms with Crippen LogP contribution in [0.3, 0.4) is 0 Å². The van der Waals surface area contributed by atoms with Crippen molar-refractivity contribution in [1.29, 1.82) is 0 Å². The average Bonchev–Trinajstić information content (AvgIpc) is 2.74. The minimum absolute atomic E-state index is 0.212. The number of hydrogen-bond donors (Lipinski definition) is 0. The van der Waals surface area contributed by atoms with Gasteiger partial charge in [-0.2, -0.15) is 0 Å². The molecule has 0 saturated heterocycles. The summed E-state index contributed by atoms with van der Waals surface area (Å²) < 4.78 is 26.9. The van der Waals surface area contributed by atoms with Gasteiger partial charge in [0.05, 0.1) is 13.2 Å². The molecule has 168 valence electrons. The predicted octanol–water partition coefficient (Wildman–Crippen LogP) is 3.71. The zero-order valence-corrected chi connectivity index (χ0v) is 18.1. The first-order chi connectivity index (χ1) is 14.5. The van der Waals surface area contributed by atoms with E-state index in [1.54, 1.807) is 14.0 Å². The van der Waals surface area contributed by atoms with Crippen molar-refractivity contribution in [2.45, 2.75) is 45.1 Å². The molecule has 0 aliphatic carbocycles. The predicted molar refractivity (Wildman–Crippen MR) is 113 cm³/mol. The fraction of sp³-hybridized carbons (Fsp3) is 0.565. The zero-order chi connectivity index (χ0) is 22.0. The molecule has 0 radical (unpaired) electrons. The van der Waals surface area contributed by atoms with E-state index in [1.165, 1.54) is 0 Å². The van der Waals surface area contributed by atoms with Crippen LogP contribution < -0.4 is 4.74 Å².